The molecular formula is C17H24N4O2S2. The summed E-state index contributed by atoms with van der Waals surface area (Å²) in [7, 11) is -1.99. The van der Waals surface area contributed by atoms with Crippen molar-refractivity contribution in [2.45, 2.75) is 30.7 Å². The van der Waals surface area contributed by atoms with Crippen molar-refractivity contribution >= 4 is 27.3 Å². The number of aliphatic imine (C=N–C) groups is 1. The summed E-state index contributed by atoms with van der Waals surface area (Å²) >= 11 is 1.73. The Kier molecular flexibility index (Phi) is 6.21. The van der Waals surface area contributed by atoms with Gasteiger partial charge in [0.2, 0.25) is 10.0 Å². The summed E-state index contributed by atoms with van der Waals surface area (Å²) in [6.45, 7) is 5.52. The van der Waals surface area contributed by atoms with Crippen LogP contribution in [-0.4, -0.2) is 28.0 Å². The third kappa shape index (κ3) is 5.55. The van der Waals surface area contributed by atoms with Crippen LogP contribution in [0.4, 0.5) is 0 Å². The van der Waals surface area contributed by atoms with Gasteiger partial charge in [0, 0.05) is 30.4 Å². The van der Waals surface area contributed by atoms with Crippen LogP contribution < -0.4 is 15.8 Å². The topological polar surface area (TPSA) is 96.6 Å². The summed E-state index contributed by atoms with van der Waals surface area (Å²) in [6.07, 6.45) is 0. The Bertz CT molecular complexity index is 828. The van der Waals surface area contributed by atoms with Crippen LogP contribution in [0.3, 0.4) is 0 Å². The molecule has 0 bridgehead atoms. The van der Waals surface area contributed by atoms with Crippen LogP contribution in [0, 0.1) is 0 Å². The summed E-state index contributed by atoms with van der Waals surface area (Å²) in [4.78, 5) is 5.62. The number of hydrogen-bond acceptors (Lipinski definition) is 4. The Morgan fingerprint density at radius 3 is 2.60 bits per heavy atom. The number of benzene rings is 1. The Morgan fingerprint density at radius 2 is 2.00 bits per heavy atom. The molecule has 2 rings (SSSR count). The standard InChI is InChI=1S/C17H24N4O2S2/c1-17(2,15-8-5-9-24-15)12-21-16(19-3)20-11-13-6-4-7-14(10-13)25(18,22)23/h4-10H,11-12H2,1-3H3,(H2,18,22,23)(H2,19,20,21). The van der Waals surface area contributed by atoms with E-state index in [-0.39, 0.29) is 10.3 Å². The molecule has 8 heteroatoms. The lowest BCUT2D eigenvalue weighted by Crippen LogP contribution is -2.42. The minimum atomic E-state index is -3.70. The zero-order chi connectivity index (χ0) is 18.5. The number of thiophene rings is 1. The van der Waals surface area contributed by atoms with E-state index in [4.69, 9.17) is 5.14 Å². The van der Waals surface area contributed by atoms with E-state index in [9.17, 15) is 8.42 Å². The molecule has 6 nitrogen and oxygen atoms in total. The van der Waals surface area contributed by atoms with E-state index in [2.05, 4.69) is 40.9 Å². The molecular weight excluding hydrogens is 356 g/mol. The molecule has 0 aliphatic heterocycles. The quantitative estimate of drug-likeness (QED) is 0.528. The lowest BCUT2D eigenvalue weighted by atomic mass is 9.91. The van der Waals surface area contributed by atoms with Gasteiger partial charge in [-0.2, -0.15) is 0 Å². The van der Waals surface area contributed by atoms with E-state index >= 15 is 0 Å². The van der Waals surface area contributed by atoms with Crippen LogP contribution in [0.2, 0.25) is 0 Å². The largest absolute Gasteiger partial charge is 0.356 e. The molecule has 0 spiro atoms. The van der Waals surface area contributed by atoms with Crippen molar-refractivity contribution in [2.24, 2.45) is 10.1 Å². The second-order valence-electron chi connectivity index (χ2n) is 6.33. The SMILES string of the molecule is CN=C(NCc1cccc(S(N)(=O)=O)c1)NCC(C)(C)c1cccs1. The molecule has 0 radical (unpaired) electrons. The van der Waals surface area contributed by atoms with Gasteiger partial charge >= 0.3 is 0 Å². The number of nitrogens with zero attached hydrogens (tertiary/aromatic N) is 1. The van der Waals surface area contributed by atoms with E-state index < -0.39 is 10.0 Å². The fraction of sp³-hybridized carbons (Fsp3) is 0.353. The molecule has 0 aliphatic carbocycles. The van der Waals surface area contributed by atoms with E-state index in [0.29, 0.717) is 12.5 Å². The number of rotatable bonds is 6. The molecule has 4 N–H and O–H groups in total. The number of primary sulfonamides is 1. The molecule has 0 aliphatic rings. The van der Waals surface area contributed by atoms with Gasteiger partial charge in [-0.3, -0.25) is 4.99 Å². The van der Waals surface area contributed by atoms with E-state index in [1.165, 1.54) is 10.9 Å². The third-order valence-corrected chi connectivity index (χ3v) is 5.94. The monoisotopic (exact) mass is 380 g/mol. The maximum absolute atomic E-state index is 11.4. The van der Waals surface area contributed by atoms with Gasteiger partial charge in [0.05, 0.1) is 4.90 Å². The molecule has 0 amide bonds. The van der Waals surface area contributed by atoms with Crippen molar-refractivity contribution < 1.29 is 8.42 Å². The van der Waals surface area contributed by atoms with Gasteiger partial charge in [-0.05, 0) is 29.1 Å². The van der Waals surface area contributed by atoms with Gasteiger partial charge in [-0.1, -0.05) is 32.0 Å². The van der Waals surface area contributed by atoms with Crippen LogP contribution in [0.25, 0.3) is 0 Å². The average molecular weight is 381 g/mol. The van der Waals surface area contributed by atoms with Crippen molar-refractivity contribution in [1.82, 2.24) is 10.6 Å². The minimum absolute atomic E-state index is 0.0146. The van der Waals surface area contributed by atoms with Crippen molar-refractivity contribution in [1.29, 1.82) is 0 Å². The summed E-state index contributed by atoms with van der Waals surface area (Å²) in [5.41, 5.74) is 0.797. The van der Waals surface area contributed by atoms with Crippen LogP contribution >= 0.6 is 11.3 Å². The lowest BCUT2D eigenvalue weighted by molar-refractivity contribution is 0.518. The molecule has 0 saturated heterocycles. The number of hydrogen-bond donors (Lipinski definition) is 3. The van der Waals surface area contributed by atoms with Gasteiger partial charge in [-0.15, -0.1) is 11.3 Å². The van der Waals surface area contributed by atoms with E-state index in [0.717, 1.165) is 12.1 Å². The first-order valence-corrected chi connectivity index (χ1v) is 10.3. The summed E-state index contributed by atoms with van der Waals surface area (Å²) in [6, 6.07) is 10.7. The highest BCUT2D eigenvalue weighted by molar-refractivity contribution is 7.89. The van der Waals surface area contributed by atoms with Gasteiger partial charge in [0.15, 0.2) is 5.96 Å². The Labute approximate surface area is 153 Å². The van der Waals surface area contributed by atoms with Crippen molar-refractivity contribution in [3.05, 3.63) is 52.2 Å². The molecule has 0 atom stereocenters. The number of nitrogens with one attached hydrogen (secondary N) is 2. The molecule has 1 aromatic carbocycles. The highest BCUT2D eigenvalue weighted by atomic mass is 32.2. The normalized spacial score (nSPS) is 12.9. The number of nitrogens with two attached hydrogens (primary N) is 1. The van der Waals surface area contributed by atoms with Crippen molar-refractivity contribution in [2.75, 3.05) is 13.6 Å². The van der Waals surface area contributed by atoms with Crippen LogP contribution in [0.5, 0.6) is 0 Å². The second kappa shape index (κ2) is 7.99. The van der Waals surface area contributed by atoms with E-state index in [1.54, 1.807) is 30.5 Å². The zero-order valence-corrected chi connectivity index (χ0v) is 16.2. The smallest absolute Gasteiger partial charge is 0.238 e. The predicted octanol–water partition coefficient (Wildman–Crippen LogP) is 2.04. The second-order valence-corrected chi connectivity index (χ2v) is 8.84. The number of guanidine groups is 1. The van der Waals surface area contributed by atoms with Gasteiger partial charge in [0.1, 0.15) is 0 Å². The molecule has 0 unspecified atom stereocenters. The van der Waals surface area contributed by atoms with Crippen LogP contribution in [0.15, 0.2) is 51.7 Å². The first-order chi connectivity index (χ1) is 11.7. The number of sulfonamides is 1. The lowest BCUT2D eigenvalue weighted by Gasteiger charge is -2.25. The first kappa shape index (κ1) is 19.4. The van der Waals surface area contributed by atoms with Gasteiger partial charge < -0.3 is 10.6 Å². The maximum atomic E-state index is 11.4. The Balaban J connectivity index is 1.95. The van der Waals surface area contributed by atoms with Crippen molar-refractivity contribution in [3.8, 4) is 0 Å². The third-order valence-electron chi connectivity index (χ3n) is 3.80. The molecule has 0 saturated carbocycles. The molecule has 25 heavy (non-hydrogen) atoms. The molecule has 2 aromatic rings. The molecule has 1 aromatic heterocycles. The van der Waals surface area contributed by atoms with Crippen LogP contribution in [0.1, 0.15) is 24.3 Å². The fourth-order valence-electron chi connectivity index (χ4n) is 2.29. The predicted molar refractivity (Wildman–Crippen MR) is 103 cm³/mol. The summed E-state index contributed by atoms with van der Waals surface area (Å²) in [5.74, 6) is 0.658. The Hall–Kier alpha value is -1.90. The molecule has 136 valence electrons. The van der Waals surface area contributed by atoms with Crippen molar-refractivity contribution in [3.63, 3.8) is 0 Å². The fourth-order valence-corrected chi connectivity index (χ4v) is 3.73. The first-order valence-electron chi connectivity index (χ1n) is 7.82. The summed E-state index contributed by atoms with van der Waals surface area (Å²) in [5, 5.41) is 13.7. The highest BCUT2D eigenvalue weighted by Crippen LogP contribution is 2.26. The molecule has 0 fully saturated rings. The summed E-state index contributed by atoms with van der Waals surface area (Å²) < 4.78 is 22.9. The van der Waals surface area contributed by atoms with Crippen LogP contribution in [-0.2, 0) is 22.0 Å². The maximum Gasteiger partial charge on any atom is 0.238 e. The van der Waals surface area contributed by atoms with Gasteiger partial charge in [0.25, 0.3) is 0 Å². The van der Waals surface area contributed by atoms with Gasteiger partial charge in [-0.25, -0.2) is 13.6 Å². The zero-order valence-electron chi connectivity index (χ0n) is 14.6. The average Bonchev–Trinajstić information content (AvgIpc) is 3.10. The highest BCUT2D eigenvalue weighted by Gasteiger charge is 2.21. The Morgan fingerprint density at radius 1 is 1.24 bits per heavy atom. The molecule has 1 heterocycles. The minimum Gasteiger partial charge on any atom is -0.356 e. The van der Waals surface area contributed by atoms with E-state index in [1.807, 2.05) is 12.1 Å².